The molecular weight excluding hydrogens is 280 g/mol. The van der Waals surface area contributed by atoms with Crippen LogP contribution < -0.4 is 5.32 Å². The number of Topliss-reactive ketones (excluding diaryl/α,β-unsaturated/α-hetero) is 1. The molecule has 1 N–H and O–H groups in total. The molecule has 0 unspecified atom stereocenters. The summed E-state index contributed by atoms with van der Waals surface area (Å²) in [5.74, 6) is -1.25. The highest BCUT2D eigenvalue weighted by Crippen LogP contribution is 2.18. The molecule has 3 rings (SSSR count). The summed E-state index contributed by atoms with van der Waals surface area (Å²) in [5, 5.41) is 3.80. The van der Waals surface area contributed by atoms with Gasteiger partial charge in [-0.3, -0.25) is 9.59 Å². The van der Waals surface area contributed by atoms with Gasteiger partial charge in [0.05, 0.1) is 6.26 Å². The van der Waals surface area contributed by atoms with Crippen molar-refractivity contribution in [3.63, 3.8) is 0 Å². The van der Waals surface area contributed by atoms with Crippen molar-refractivity contribution in [2.45, 2.75) is 13.5 Å². The average Bonchev–Trinajstić information content (AvgIpc) is 3.15. The Morgan fingerprint density at radius 3 is 2.77 bits per heavy atom. The third-order valence-electron chi connectivity index (χ3n) is 3.59. The Hall–Kier alpha value is -2.82. The average molecular weight is 296 g/mol. The van der Waals surface area contributed by atoms with Gasteiger partial charge in [0.15, 0.2) is 5.76 Å². The zero-order valence-electron chi connectivity index (χ0n) is 12.2. The van der Waals surface area contributed by atoms with Crippen LogP contribution in [0.25, 0.3) is 10.9 Å². The van der Waals surface area contributed by atoms with Crippen LogP contribution in [0.1, 0.15) is 16.2 Å². The van der Waals surface area contributed by atoms with Crippen molar-refractivity contribution in [3.8, 4) is 0 Å². The van der Waals surface area contributed by atoms with Gasteiger partial charge in [0.2, 0.25) is 0 Å². The molecule has 0 fully saturated rings. The topological polar surface area (TPSA) is 64.2 Å². The Morgan fingerprint density at radius 1 is 1.18 bits per heavy atom. The summed E-state index contributed by atoms with van der Waals surface area (Å²) in [6, 6.07) is 13.2. The molecule has 1 aromatic carbocycles. The predicted octanol–water partition coefficient (Wildman–Crippen LogP) is 2.54. The summed E-state index contributed by atoms with van der Waals surface area (Å²) < 4.78 is 7.05. The first-order valence-corrected chi connectivity index (χ1v) is 7.08. The number of hydrogen-bond donors (Lipinski definition) is 1. The van der Waals surface area contributed by atoms with E-state index >= 15 is 0 Å². The summed E-state index contributed by atoms with van der Waals surface area (Å²) in [5.41, 5.74) is 2.24. The van der Waals surface area contributed by atoms with E-state index in [0.29, 0.717) is 13.1 Å². The number of furan rings is 1. The largest absolute Gasteiger partial charge is 0.461 e. The van der Waals surface area contributed by atoms with Gasteiger partial charge in [-0.15, -0.1) is 0 Å². The number of aryl methyl sites for hydroxylation is 1. The third-order valence-corrected chi connectivity index (χ3v) is 3.59. The van der Waals surface area contributed by atoms with E-state index in [-0.39, 0.29) is 5.76 Å². The number of carbonyl (C=O) groups is 2. The van der Waals surface area contributed by atoms with Gasteiger partial charge >= 0.3 is 0 Å². The number of fused-ring (bicyclic) bond motifs is 1. The van der Waals surface area contributed by atoms with Crippen LogP contribution in [-0.2, 0) is 11.3 Å². The first-order chi connectivity index (χ1) is 10.7. The molecule has 2 aromatic heterocycles. The molecule has 112 valence electrons. The maximum absolute atomic E-state index is 11.8. The maximum Gasteiger partial charge on any atom is 0.295 e. The first kappa shape index (κ1) is 14.1. The minimum atomic E-state index is -0.654. The SMILES string of the molecule is Cc1cc2ccccc2n1CCNC(=O)C(=O)c1ccco1. The lowest BCUT2D eigenvalue weighted by molar-refractivity contribution is -0.117. The van der Waals surface area contributed by atoms with E-state index in [1.807, 2.05) is 25.1 Å². The van der Waals surface area contributed by atoms with Crippen LogP contribution in [0, 0.1) is 6.92 Å². The van der Waals surface area contributed by atoms with Crippen LogP contribution in [0.15, 0.2) is 53.1 Å². The molecule has 5 heteroatoms. The van der Waals surface area contributed by atoms with E-state index in [1.165, 1.54) is 12.3 Å². The molecule has 0 aliphatic heterocycles. The summed E-state index contributed by atoms with van der Waals surface area (Å²) in [4.78, 5) is 23.6. The van der Waals surface area contributed by atoms with Gasteiger partial charge in [0.1, 0.15) is 0 Å². The van der Waals surface area contributed by atoms with Crippen molar-refractivity contribution < 1.29 is 14.0 Å². The molecule has 3 aromatic rings. The lowest BCUT2D eigenvalue weighted by Gasteiger charge is -2.09. The molecule has 0 aliphatic rings. The van der Waals surface area contributed by atoms with E-state index in [2.05, 4.69) is 22.0 Å². The van der Waals surface area contributed by atoms with E-state index < -0.39 is 11.7 Å². The molecule has 5 nitrogen and oxygen atoms in total. The molecular formula is C17H16N2O3. The molecule has 0 bridgehead atoms. The molecule has 0 spiro atoms. The summed E-state index contributed by atoms with van der Waals surface area (Å²) in [6.07, 6.45) is 1.37. The number of benzene rings is 1. The monoisotopic (exact) mass is 296 g/mol. The Kier molecular flexibility index (Phi) is 3.78. The fourth-order valence-corrected chi connectivity index (χ4v) is 2.53. The zero-order valence-corrected chi connectivity index (χ0v) is 12.2. The fourth-order valence-electron chi connectivity index (χ4n) is 2.53. The third kappa shape index (κ3) is 2.65. The second kappa shape index (κ2) is 5.89. The second-order valence-electron chi connectivity index (χ2n) is 5.06. The van der Waals surface area contributed by atoms with Crippen LogP contribution >= 0.6 is 0 Å². The van der Waals surface area contributed by atoms with E-state index in [9.17, 15) is 9.59 Å². The zero-order chi connectivity index (χ0) is 15.5. The highest BCUT2D eigenvalue weighted by molar-refractivity contribution is 6.42. The molecule has 1 amide bonds. The molecule has 2 heterocycles. The number of para-hydroxylation sites is 1. The lowest BCUT2D eigenvalue weighted by Crippen LogP contribution is -2.33. The number of carbonyl (C=O) groups excluding carboxylic acids is 2. The van der Waals surface area contributed by atoms with E-state index in [4.69, 9.17) is 4.42 Å². The molecule has 0 aliphatic carbocycles. The second-order valence-corrected chi connectivity index (χ2v) is 5.06. The number of ketones is 1. The highest BCUT2D eigenvalue weighted by Gasteiger charge is 2.18. The fraction of sp³-hybridized carbons (Fsp3) is 0.176. The van der Waals surface area contributed by atoms with E-state index in [0.717, 1.165) is 16.6 Å². The van der Waals surface area contributed by atoms with Gasteiger partial charge in [-0.2, -0.15) is 0 Å². The van der Waals surface area contributed by atoms with Crippen LogP contribution in [-0.4, -0.2) is 22.8 Å². The first-order valence-electron chi connectivity index (χ1n) is 7.08. The Bertz CT molecular complexity index is 816. The van der Waals surface area contributed by atoms with Gasteiger partial charge in [0, 0.05) is 24.3 Å². The van der Waals surface area contributed by atoms with Gasteiger partial charge in [0.25, 0.3) is 11.7 Å². The minimum absolute atomic E-state index is 0.0556. The number of nitrogens with zero attached hydrogens (tertiary/aromatic N) is 1. The maximum atomic E-state index is 11.8. The van der Waals surface area contributed by atoms with Crippen molar-refractivity contribution in [1.82, 2.24) is 9.88 Å². The number of nitrogens with one attached hydrogen (secondary N) is 1. The van der Waals surface area contributed by atoms with Crippen LogP contribution in [0.3, 0.4) is 0 Å². The van der Waals surface area contributed by atoms with Crippen LogP contribution in [0.4, 0.5) is 0 Å². The Morgan fingerprint density at radius 2 is 2.00 bits per heavy atom. The van der Waals surface area contributed by atoms with Gasteiger partial charge < -0.3 is 14.3 Å². The normalized spacial score (nSPS) is 10.8. The number of hydrogen-bond acceptors (Lipinski definition) is 3. The van der Waals surface area contributed by atoms with Crippen molar-refractivity contribution in [3.05, 3.63) is 60.2 Å². The Balaban J connectivity index is 1.64. The molecule has 22 heavy (non-hydrogen) atoms. The van der Waals surface area contributed by atoms with E-state index in [1.54, 1.807) is 6.07 Å². The van der Waals surface area contributed by atoms with Crippen molar-refractivity contribution in [2.75, 3.05) is 6.54 Å². The Labute approximate surface area is 127 Å². The van der Waals surface area contributed by atoms with Crippen molar-refractivity contribution in [1.29, 1.82) is 0 Å². The van der Waals surface area contributed by atoms with Crippen LogP contribution in [0.5, 0.6) is 0 Å². The summed E-state index contributed by atoms with van der Waals surface area (Å²) >= 11 is 0. The number of amides is 1. The smallest absolute Gasteiger partial charge is 0.295 e. The number of rotatable bonds is 5. The van der Waals surface area contributed by atoms with Crippen molar-refractivity contribution >= 4 is 22.6 Å². The minimum Gasteiger partial charge on any atom is -0.461 e. The van der Waals surface area contributed by atoms with Crippen LogP contribution in [0.2, 0.25) is 0 Å². The lowest BCUT2D eigenvalue weighted by atomic mass is 10.2. The van der Waals surface area contributed by atoms with Gasteiger partial charge in [-0.05, 0) is 36.6 Å². The van der Waals surface area contributed by atoms with Gasteiger partial charge in [-0.25, -0.2) is 0 Å². The molecule has 0 radical (unpaired) electrons. The molecule has 0 atom stereocenters. The molecule has 0 saturated carbocycles. The highest BCUT2D eigenvalue weighted by atomic mass is 16.3. The number of aromatic nitrogens is 1. The standard InChI is InChI=1S/C17H16N2O3/c1-12-11-13-5-2-3-6-14(13)19(12)9-8-18-17(21)16(20)15-7-4-10-22-15/h2-7,10-11H,8-9H2,1H3,(H,18,21). The molecule has 0 saturated heterocycles. The predicted molar refractivity (Wildman–Crippen MR) is 82.7 cm³/mol. The van der Waals surface area contributed by atoms with Gasteiger partial charge in [-0.1, -0.05) is 18.2 Å². The summed E-state index contributed by atoms with van der Waals surface area (Å²) in [6.45, 7) is 3.01. The van der Waals surface area contributed by atoms with Crippen molar-refractivity contribution in [2.24, 2.45) is 0 Å². The quantitative estimate of drug-likeness (QED) is 0.581. The summed E-state index contributed by atoms with van der Waals surface area (Å²) in [7, 11) is 0.